The summed E-state index contributed by atoms with van der Waals surface area (Å²) in [5.41, 5.74) is 0.773. The summed E-state index contributed by atoms with van der Waals surface area (Å²) in [4.78, 5) is 6.77. The molecule has 90 valence electrons. The molecule has 0 amide bonds. The molecule has 1 saturated heterocycles. The van der Waals surface area contributed by atoms with Gasteiger partial charge in [-0.15, -0.1) is 0 Å². The van der Waals surface area contributed by atoms with Crippen molar-refractivity contribution in [3.63, 3.8) is 0 Å². The fourth-order valence-electron chi connectivity index (χ4n) is 1.77. The third-order valence-electron chi connectivity index (χ3n) is 2.63. The fraction of sp³-hybridized carbons (Fsp3) is 0.462. The zero-order valence-corrected chi connectivity index (χ0v) is 9.82. The van der Waals surface area contributed by atoms with Crippen LogP contribution in [0.25, 0.3) is 0 Å². The van der Waals surface area contributed by atoms with E-state index in [9.17, 15) is 0 Å². The van der Waals surface area contributed by atoms with Crippen molar-refractivity contribution in [1.29, 1.82) is 0 Å². The first kappa shape index (κ1) is 11.9. The average molecular weight is 231 g/mol. The highest BCUT2D eigenvalue weighted by atomic mass is 16.2. The molecule has 4 nitrogen and oxygen atoms in total. The van der Waals surface area contributed by atoms with Crippen molar-refractivity contribution in [2.75, 3.05) is 37.7 Å². The summed E-state index contributed by atoms with van der Waals surface area (Å²) >= 11 is 0. The smallest absolute Gasteiger partial charge is 0.130 e. The van der Waals surface area contributed by atoms with Gasteiger partial charge in [-0.3, -0.25) is 0 Å². The summed E-state index contributed by atoms with van der Waals surface area (Å²) in [7, 11) is 0. The normalized spacial score (nSPS) is 15.2. The lowest BCUT2D eigenvalue weighted by Gasteiger charge is -2.28. The molecule has 1 aliphatic heterocycles. The Kier molecular flexibility index (Phi) is 4.37. The molecule has 4 heteroatoms. The Hall–Kier alpha value is -1.57. The maximum atomic E-state index is 8.66. The first-order chi connectivity index (χ1) is 8.40. The van der Waals surface area contributed by atoms with Crippen LogP contribution in [0.4, 0.5) is 5.82 Å². The predicted octanol–water partition coefficient (Wildman–Crippen LogP) is 0.225. The van der Waals surface area contributed by atoms with E-state index in [1.807, 2.05) is 18.2 Å². The van der Waals surface area contributed by atoms with E-state index < -0.39 is 0 Å². The SMILES string of the molecule is OCCC#Cc1cccc(N2CCNCC2)n1. The second-order valence-electron chi connectivity index (χ2n) is 3.89. The monoisotopic (exact) mass is 231 g/mol. The summed E-state index contributed by atoms with van der Waals surface area (Å²) in [6, 6.07) is 5.89. The van der Waals surface area contributed by atoms with Crippen LogP contribution in [0.3, 0.4) is 0 Å². The summed E-state index contributed by atoms with van der Waals surface area (Å²) in [5.74, 6) is 6.84. The van der Waals surface area contributed by atoms with Gasteiger partial charge in [0.1, 0.15) is 11.5 Å². The van der Waals surface area contributed by atoms with Gasteiger partial charge in [-0.25, -0.2) is 4.98 Å². The molecule has 2 heterocycles. The van der Waals surface area contributed by atoms with Gasteiger partial charge in [0.2, 0.25) is 0 Å². The van der Waals surface area contributed by atoms with Crippen molar-refractivity contribution in [3.05, 3.63) is 23.9 Å². The van der Waals surface area contributed by atoms with Crippen molar-refractivity contribution in [2.24, 2.45) is 0 Å². The lowest BCUT2D eigenvalue weighted by atomic mass is 10.3. The zero-order valence-electron chi connectivity index (χ0n) is 9.82. The topological polar surface area (TPSA) is 48.4 Å². The van der Waals surface area contributed by atoms with Crippen molar-refractivity contribution < 1.29 is 5.11 Å². The number of aliphatic hydroxyl groups is 1. The Bertz CT molecular complexity index is 416. The van der Waals surface area contributed by atoms with Gasteiger partial charge < -0.3 is 15.3 Å². The Morgan fingerprint density at radius 3 is 2.94 bits per heavy atom. The quantitative estimate of drug-likeness (QED) is 0.715. The van der Waals surface area contributed by atoms with Gasteiger partial charge in [-0.2, -0.15) is 0 Å². The summed E-state index contributed by atoms with van der Waals surface area (Å²) in [6.45, 7) is 4.08. The molecular weight excluding hydrogens is 214 g/mol. The van der Waals surface area contributed by atoms with Crippen LogP contribution in [0, 0.1) is 11.8 Å². The minimum Gasteiger partial charge on any atom is -0.395 e. The van der Waals surface area contributed by atoms with Crippen LogP contribution in [-0.2, 0) is 0 Å². The van der Waals surface area contributed by atoms with Gasteiger partial charge in [-0.05, 0) is 18.1 Å². The lowest BCUT2D eigenvalue weighted by molar-refractivity contribution is 0.305. The average Bonchev–Trinajstić information content (AvgIpc) is 2.41. The third kappa shape index (κ3) is 3.45. The van der Waals surface area contributed by atoms with Gasteiger partial charge in [0.15, 0.2) is 0 Å². The number of nitrogens with zero attached hydrogens (tertiary/aromatic N) is 2. The van der Waals surface area contributed by atoms with Crippen LogP contribution in [0.1, 0.15) is 12.1 Å². The molecule has 2 N–H and O–H groups in total. The van der Waals surface area contributed by atoms with E-state index in [2.05, 4.69) is 27.0 Å². The van der Waals surface area contributed by atoms with Gasteiger partial charge >= 0.3 is 0 Å². The van der Waals surface area contributed by atoms with E-state index in [4.69, 9.17) is 5.11 Å². The second-order valence-corrected chi connectivity index (χ2v) is 3.89. The number of nitrogens with one attached hydrogen (secondary N) is 1. The first-order valence-corrected chi connectivity index (χ1v) is 5.92. The van der Waals surface area contributed by atoms with Crippen molar-refractivity contribution in [1.82, 2.24) is 10.3 Å². The van der Waals surface area contributed by atoms with E-state index in [0.717, 1.165) is 37.7 Å². The molecule has 0 radical (unpaired) electrons. The summed E-state index contributed by atoms with van der Waals surface area (Å²) < 4.78 is 0. The zero-order chi connectivity index (χ0) is 11.9. The molecule has 0 saturated carbocycles. The lowest BCUT2D eigenvalue weighted by Crippen LogP contribution is -2.43. The van der Waals surface area contributed by atoms with Crippen LogP contribution in [0.15, 0.2) is 18.2 Å². The molecule has 17 heavy (non-hydrogen) atoms. The molecule has 1 fully saturated rings. The molecule has 0 atom stereocenters. The van der Waals surface area contributed by atoms with E-state index in [1.54, 1.807) is 0 Å². The molecule has 1 aliphatic rings. The number of hydrogen-bond acceptors (Lipinski definition) is 4. The Labute approximate surface area is 102 Å². The molecule has 0 bridgehead atoms. The molecule has 0 spiro atoms. The van der Waals surface area contributed by atoms with Gasteiger partial charge in [0.05, 0.1) is 6.61 Å². The number of anilines is 1. The highest BCUT2D eigenvalue weighted by molar-refractivity contribution is 5.43. The predicted molar refractivity (Wildman–Crippen MR) is 67.9 cm³/mol. The minimum absolute atomic E-state index is 0.102. The number of pyridine rings is 1. The van der Waals surface area contributed by atoms with Crippen LogP contribution in [0.2, 0.25) is 0 Å². The highest BCUT2D eigenvalue weighted by Crippen LogP contribution is 2.11. The molecule has 1 aromatic heterocycles. The van der Waals surface area contributed by atoms with Gasteiger partial charge in [0.25, 0.3) is 0 Å². The molecule has 1 aromatic rings. The summed E-state index contributed by atoms with van der Waals surface area (Å²) in [5, 5.41) is 12.0. The fourth-order valence-corrected chi connectivity index (χ4v) is 1.77. The van der Waals surface area contributed by atoms with E-state index >= 15 is 0 Å². The Morgan fingerprint density at radius 1 is 1.35 bits per heavy atom. The van der Waals surface area contributed by atoms with Crippen LogP contribution in [-0.4, -0.2) is 42.9 Å². The largest absolute Gasteiger partial charge is 0.395 e. The third-order valence-corrected chi connectivity index (χ3v) is 2.63. The molecule has 0 aromatic carbocycles. The van der Waals surface area contributed by atoms with Gasteiger partial charge in [-0.1, -0.05) is 12.0 Å². The molecule has 0 unspecified atom stereocenters. The number of hydrogen-bond donors (Lipinski definition) is 2. The minimum atomic E-state index is 0.102. The Morgan fingerprint density at radius 2 is 2.18 bits per heavy atom. The Balaban J connectivity index is 2.08. The van der Waals surface area contributed by atoms with Gasteiger partial charge in [0, 0.05) is 32.6 Å². The molecular formula is C13H17N3O. The van der Waals surface area contributed by atoms with Crippen LogP contribution >= 0.6 is 0 Å². The van der Waals surface area contributed by atoms with E-state index in [1.165, 1.54) is 0 Å². The molecule has 0 aliphatic carbocycles. The van der Waals surface area contributed by atoms with Crippen LogP contribution < -0.4 is 10.2 Å². The maximum Gasteiger partial charge on any atom is 0.130 e. The first-order valence-electron chi connectivity index (χ1n) is 5.92. The van der Waals surface area contributed by atoms with E-state index in [0.29, 0.717) is 6.42 Å². The summed E-state index contributed by atoms with van der Waals surface area (Å²) in [6.07, 6.45) is 0.500. The number of aromatic nitrogens is 1. The standard InChI is InChI=1S/C13H17N3O/c17-11-2-1-4-12-5-3-6-13(15-12)16-9-7-14-8-10-16/h3,5-6,14,17H,2,7-11H2. The van der Waals surface area contributed by atoms with Crippen molar-refractivity contribution in [3.8, 4) is 11.8 Å². The maximum absolute atomic E-state index is 8.66. The molecule has 2 rings (SSSR count). The van der Waals surface area contributed by atoms with E-state index in [-0.39, 0.29) is 6.61 Å². The van der Waals surface area contributed by atoms with Crippen molar-refractivity contribution >= 4 is 5.82 Å². The van der Waals surface area contributed by atoms with Crippen molar-refractivity contribution in [2.45, 2.75) is 6.42 Å². The van der Waals surface area contributed by atoms with Crippen LogP contribution in [0.5, 0.6) is 0 Å². The second kappa shape index (κ2) is 6.24. The number of rotatable bonds is 2. The highest BCUT2D eigenvalue weighted by Gasteiger charge is 2.11. The number of piperazine rings is 1. The number of aliphatic hydroxyl groups excluding tert-OH is 1.